The minimum atomic E-state index is -0.420. The molecule has 3 rings (SSSR count). The topological polar surface area (TPSA) is 92.9 Å². The van der Waals surface area contributed by atoms with Crippen LogP contribution in [0, 0.1) is 20.8 Å². The van der Waals surface area contributed by atoms with Crippen molar-refractivity contribution in [1.82, 2.24) is 15.4 Å². The lowest BCUT2D eigenvalue weighted by atomic mass is 10.1. The van der Waals surface area contributed by atoms with Crippen molar-refractivity contribution in [3.8, 4) is 0 Å². The van der Waals surface area contributed by atoms with E-state index in [1.807, 2.05) is 26.0 Å². The minimum absolute atomic E-state index is 0.165. The molecule has 0 atom stereocenters. The van der Waals surface area contributed by atoms with Crippen LogP contribution in [0.3, 0.4) is 0 Å². The Kier molecular flexibility index (Phi) is 4.67. The van der Waals surface area contributed by atoms with E-state index < -0.39 is 5.91 Å². The molecule has 0 aliphatic heterocycles. The minimum Gasteiger partial charge on any atom is -0.360 e. The third-order valence-electron chi connectivity index (χ3n) is 3.45. The van der Waals surface area contributed by atoms with E-state index in [0.29, 0.717) is 22.4 Å². The molecule has 7 nitrogen and oxygen atoms in total. The number of rotatable bonds is 4. The van der Waals surface area contributed by atoms with Crippen LogP contribution < -0.4 is 10.6 Å². The van der Waals surface area contributed by atoms with Gasteiger partial charge in [0.05, 0.1) is 10.7 Å². The number of hydrogen-bond acceptors (Lipinski definition) is 6. The van der Waals surface area contributed by atoms with E-state index in [1.54, 1.807) is 25.1 Å². The normalized spacial score (nSPS) is 10.6. The summed E-state index contributed by atoms with van der Waals surface area (Å²) < 4.78 is 4.89. The van der Waals surface area contributed by atoms with Crippen LogP contribution in [-0.4, -0.2) is 21.3 Å². The zero-order valence-electron chi connectivity index (χ0n) is 13.9. The lowest BCUT2D eigenvalue weighted by Crippen LogP contribution is -2.14. The Balaban J connectivity index is 1.73. The molecule has 0 radical (unpaired) electrons. The maximum Gasteiger partial charge on any atom is 0.277 e. The molecule has 1 aromatic carbocycles. The summed E-state index contributed by atoms with van der Waals surface area (Å²) in [6, 6.07) is 8.72. The van der Waals surface area contributed by atoms with Crippen LogP contribution in [0.15, 0.2) is 34.9 Å². The lowest BCUT2D eigenvalue weighted by Gasteiger charge is -2.11. The summed E-state index contributed by atoms with van der Waals surface area (Å²) in [7, 11) is 0. The number of benzene rings is 1. The molecule has 128 valence electrons. The first-order valence-electron chi connectivity index (χ1n) is 7.54. The van der Waals surface area contributed by atoms with Crippen LogP contribution in [0.25, 0.3) is 0 Å². The van der Waals surface area contributed by atoms with E-state index >= 15 is 0 Å². The largest absolute Gasteiger partial charge is 0.360 e. The monoisotopic (exact) mass is 357 g/mol. The summed E-state index contributed by atoms with van der Waals surface area (Å²) in [6.45, 7) is 5.67. The van der Waals surface area contributed by atoms with Gasteiger partial charge >= 0.3 is 0 Å². The predicted molar refractivity (Wildman–Crippen MR) is 95.4 cm³/mol. The second kappa shape index (κ2) is 6.90. The summed E-state index contributed by atoms with van der Waals surface area (Å²) in [5.41, 5.74) is 3.00. The van der Waals surface area contributed by atoms with Gasteiger partial charge in [0, 0.05) is 6.07 Å². The molecule has 0 bridgehead atoms. The third kappa shape index (κ3) is 3.95. The van der Waals surface area contributed by atoms with Crippen molar-refractivity contribution in [3.63, 3.8) is 0 Å². The summed E-state index contributed by atoms with van der Waals surface area (Å²) in [5.74, 6) is 0.999. The molecule has 2 aromatic heterocycles. The number of hydrogen-bond donors (Lipinski definition) is 2. The number of carbonyl (C=O) groups is 1. The summed E-state index contributed by atoms with van der Waals surface area (Å²) in [5, 5.41) is 18.0. The smallest absolute Gasteiger partial charge is 0.277 e. The molecule has 3 aromatic rings. The highest BCUT2D eigenvalue weighted by atomic mass is 35.5. The fraction of sp³-hybridized carbons (Fsp3) is 0.176. The number of anilines is 3. The molecule has 0 saturated carbocycles. The summed E-state index contributed by atoms with van der Waals surface area (Å²) >= 11 is 6.27. The predicted octanol–water partition coefficient (Wildman–Crippen LogP) is 4.04. The van der Waals surface area contributed by atoms with Crippen molar-refractivity contribution in [1.29, 1.82) is 0 Å². The zero-order valence-corrected chi connectivity index (χ0v) is 14.7. The molecule has 2 heterocycles. The number of nitrogens with zero attached hydrogens (tertiary/aromatic N) is 3. The van der Waals surface area contributed by atoms with Gasteiger partial charge in [-0.3, -0.25) is 4.79 Å². The highest BCUT2D eigenvalue weighted by molar-refractivity contribution is 6.33. The SMILES string of the molecule is Cc1cc(C)c(Nc2ccc(C(=O)Nc3cc(C)on3)nn2)c(Cl)c1. The Morgan fingerprint density at radius 1 is 1.08 bits per heavy atom. The molecule has 0 aliphatic rings. The Morgan fingerprint density at radius 2 is 1.88 bits per heavy atom. The van der Waals surface area contributed by atoms with Crippen molar-refractivity contribution < 1.29 is 9.32 Å². The third-order valence-corrected chi connectivity index (χ3v) is 3.75. The molecule has 0 unspecified atom stereocenters. The zero-order chi connectivity index (χ0) is 18.0. The molecule has 0 aliphatic carbocycles. The quantitative estimate of drug-likeness (QED) is 0.732. The number of amides is 1. The van der Waals surface area contributed by atoms with E-state index in [1.165, 1.54) is 0 Å². The van der Waals surface area contributed by atoms with Gasteiger partial charge in [-0.05, 0) is 50.1 Å². The highest BCUT2D eigenvalue weighted by Crippen LogP contribution is 2.29. The Labute approximate surface area is 149 Å². The molecule has 2 N–H and O–H groups in total. The Morgan fingerprint density at radius 3 is 2.48 bits per heavy atom. The van der Waals surface area contributed by atoms with Crippen LogP contribution in [0.4, 0.5) is 17.3 Å². The molecule has 0 saturated heterocycles. The Bertz CT molecular complexity index is 898. The van der Waals surface area contributed by atoms with Crippen molar-refractivity contribution >= 4 is 34.8 Å². The van der Waals surface area contributed by atoms with Crippen LogP contribution >= 0.6 is 11.6 Å². The van der Waals surface area contributed by atoms with Crippen LogP contribution in [0.5, 0.6) is 0 Å². The first-order valence-corrected chi connectivity index (χ1v) is 7.92. The molecule has 25 heavy (non-hydrogen) atoms. The fourth-order valence-corrected chi connectivity index (χ4v) is 2.70. The standard InChI is InChI=1S/C17H16ClN5O2/c1-9-6-10(2)16(12(18)7-9)19-14-5-4-13(21-22-14)17(24)20-15-8-11(3)25-23-15/h4-8H,1-3H3,(H,19,22)(H,20,23,24). The van der Waals surface area contributed by atoms with Crippen molar-refractivity contribution in [2.24, 2.45) is 0 Å². The number of carbonyl (C=O) groups excluding carboxylic acids is 1. The average molecular weight is 358 g/mol. The second-order valence-corrected chi connectivity index (χ2v) is 6.05. The molecule has 0 spiro atoms. The molecule has 1 amide bonds. The van der Waals surface area contributed by atoms with Gasteiger partial charge in [0.1, 0.15) is 5.76 Å². The second-order valence-electron chi connectivity index (χ2n) is 5.64. The molecular weight excluding hydrogens is 342 g/mol. The average Bonchev–Trinajstić information content (AvgIpc) is 2.96. The van der Waals surface area contributed by atoms with E-state index in [9.17, 15) is 4.79 Å². The van der Waals surface area contributed by atoms with E-state index in [0.717, 1.165) is 16.8 Å². The van der Waals surface area contributed by atoms with Gasteiger partial charge < -0.3 is 15.2 Å². The highest BCUT2D eigenvalue weighted by Gasteiger charge is 2.12. The number of halogens is 1. The first kappa shape index (κ1) is 16.9. The lowest BCUT2D eigenvalue weighted by molar-refractivity contribution is 0.102. The number of aryl methyl sites for hydroxylation is 3. The van der Waals surface area contributed by atoms with E-state index in [4.69, 9.17) is 16.1 Å². The maximum atomic E-state index is 12.1. The van der Waals surface area contributed by atoms with Crippen LogP contribution in [0.2, 0.25) is 5.02 Å². The van der Waals surface area contributed by atoms with Gasteiger partial charge in [0.2, 0.25) is 0 Å². The summed E-state index contributed by atoms with van der Waals surface area (Å²) in [6.07, 6.45) is 0. The molecule has 0 fully saturated rings. The van der Waals surface area contributed by atoms with E-state index in [2.05, 4.69) is 26.0 Å². The van der Waals surface area contributed by atoms with Crippen molar-refractivity contribution in [2.45, 2.75) is 20.8 Å². The van der Waals surface area contributed by atoms with E-state index in [-0.39, 0.29) is 5.69 Å². The van der Waals surface area contributed by atoms with Gasteiger partial charge in [0.25, 0.3) is 5.91 Å². The van der Waals surface area contributed by atoms with Gasteiger partial charge in [-0.1, -0.05) is 22.8 Å². The number of nitrogens with one attached hydrogen (secondary N) is 2. The van der Waals surface area contributed by atoms with Crippen LogP contribution in [0.1, 0.15) is 27.4 Å². The molecular formula is C17H16ClN5O2. The first-order chi connectivity index (χ1) is 11.9. The van der Waals surface area contributed by atoms with Gasteiger partial charge in [-0.15, -0.1) is 10.2 Å². The van der Waals surface area contributed by atoms with Crippen molar-refractivity contribution in [3.05, 3.63) is 57.9 Å². The fourth-order valence-electron chi connectivity index (χ4n) is 2.33. The van der Waals surface area contributed by atoms with Gasteiger partial charge in [-0.2, -0.15) is 0 Å². The molecule has 8 heteroatoms. The van der Waals surface area contributed by atoms with Gasteiger partial charge in [-0.25, -0.2) is 0 Å². The maximum absolute atomic E-state index is 12.1. The van der Waals surface area contributed by atoms with Crippen LogP contribution in [-0.2, 0) is 0 Å². The summed E-state index contributed by atoms with van der Waals surface area (Å²) in [4.78, 5) is 12.1. The number of aromatic nitrogens is 3. The Hall–Kier alpha value is -2.93. The van der Waals surface area contributed by atoms with Gasteiger partial charge in [0.15, 0.2) is 17.3 Å². The van der Waals surface area contributed by atoms with Crippen molar-refractivity contribution in [2.75, 3.05) is 10.6 Å².